The van der Waals surface area contributed by atoms with E-state index >= 15 is 0 Å². The second kappa shape index (κ2) is 5.82. The van der Waals surface area contributed by atoms with Gasteiger partial charge in [0.1, 0.15) is 5.01 Å². The van der Waals surface area contributed by atoms with Crippen molar-refractivity contribution in [2.24, 2.45) is 0 Å². The number of hydrogen-bond acceptors (Lipinski definition) is 4. The predicted molar refractivity (Wildman–Crippen MR) is 91.3 cm³/mol. The van der Waals surface area contributed by atoms with Gasteiger partial charge < -0.3 is 4.90 Å². The molecule has 1 amide bonds. The molecule has 1 atom stereocenters. The summed E-state index contributed by atoms with van der Waals surface area (Å²) < 4.78 is 1.20. The maximum absolute atomic E-state index is 12.6. The van der Waals surface area contributed by atoms with Crippen LogP contribution in [0.1, 0.15) is 29.5 Å². The number of para-hydroxylation sites is 1. The molecule has 5 heteroatoms. The fraction of sp³-hybridized carbons (Fsp3) is 0.294. The molecule has 0 aliphatic carbocycles. The highest BCUT2D eigenvalue weighted by Crippen LogP contribution is 2.36. The predicted octanol–water partition coefficient (Wildman–Crippen LogP) is 4.26. The second-order valence-electron chi connectivity index (χ2n) is 5.57. The number of thiophene rings is 1. The number of nitrogens with zero attached hydrogens (tertiary/aromatic N) is 2. The summed E-state index contributed by atoms with van der Waals surface area (Å²) in [5.41, 5.74) is 2.16. The Hall–Kier alpha value is -1.72. The highest BCUT2D eigenvalue weighted by atomic mass is 32.1. The van der Waals surface area contributed by atoms with Crippen molar-refractivity contribution < 1.29 is 4.79 Å². The molecule has 0 radical (unpaired) electrons. The Morgan fingerprint density at radius 1 is 1.32 bits per heavy atom. The molecule has 3 aromatic rings. The Balaban J connectivity index is 1.58. The molecule has 1 saturated heterocycles. The average molecular weight is 328 g/mol. The number of rotatable bonds is 3. The number of hydrogen-bond donors (Lipinski definition) is 0. The molecule has 4 rings (SSSR count). The van der Waals surface area contributed by atoms with Crippen LogP contribution in [-0.4, -0.2) is 22.3 Å². The van der Waals surface area contributed by atoms with Gasteiger partial charge in [0, 0.05) is 6.54 Å². The van der Waals surface area contributed by atoms with E-state index in [-0.39, 0.29) is 11.9 Å². The van der Waals surface area contributed by atoms with Gasteiger partial charge in [-0.25, -0.2) is 4.98 Å². The van der Waals surface area contributed by atoms with Crippen molar-refractivity contribution >= 4 is 38.8 Å². The van der Waals surface area contributed by atoms with E-state index in [1.54, 1.807) is 22.7 Å². The zero-order valence-corrected chi connectivity index (χ0v) is 13.7. The lowest BCUT2D eigenvalue weighted by Gasteiger charge is -2.23. The van der Waals surface area contributed by atoms with Crippen LogP contribution in [0.2, 0.25) is 0 Å². The molecule has 22 heavy (non-hydrogen) atoms. The average Bonchev–Trinajstić information content (AvgIpc) is 3.26. The quantitative estimate of drug-likeness (QED) is 0.719. The van der Waals surface area contributed by atoms with Crippen molar-refractivity contribution in [1.82, 2.24) is 9.88 Å². The van der Waals surface area contributed by atoms with Crippen LogP contribution >= 0.6 is 22.7 Å². The molecule has 1 aromatic carbocycles. The molecule has 0 N–H and O–H groups in total. The molecular weight excluding hydrogens is 312 g/mol. The van der Waals surface area contributed by atoms with Gasteiger partial charge >= 0.3 is 0 Å². The minimum atomic E-state index is 0.156. The van der Waals surface area contributed by atoms with Crippen LogP contribution in [0.4, 0.5) is 0 Å². The topological polar surface area (TPSA) is 33.2 Å². The monoisotopic (exact) mass is 328 g/mol. The summed E-state index contributed by atoms with van der Waals surface area (Å²) in [5, 5.41) is 5.16. The highest BCUT2D eigenvalue weighted by Gasteiger charge is 2.32. The van der Waals surface area contributed by atoms with E-state index < -0.39 is 0 Å². The molecule has 112 valence electrons. The van der Waals surface area contributed by atoms with Gasteiger partial charge in [0.15, 0.2) is 0 Å². The van der Waals surface area contributed by atoms with E-state index in [0.717, 1.165) is 35.5 Å². The van der Waals surface area contributed by atoms with Crippen LogP contribution in [0.25, 0.3) is 10.2 Å². The minimum Gasteiger partial charge on any atom is -0.333 e. The number of aromatic nitrogens is 1. The van der Waals surface area contributed by atoms with Crippen LogP contribution in [0, 0.1) is 0 Å². The van der Waals surface area contributed by atoms with E-state index in [9.17, 15) is 4.79 Å². The van der Waals surface area contributed by atoms with Crippen molar-refractivity contribution in [2.75, 3.05) is 6.54 Å². The first-order valence-corrected chi connectivity index (χ1v) is 9.23. The van der Waals surface area contributed by atoms with E-state index in [4.69, 9.17) is 4.98 Å². The third-order valence-electron chi connectivity index (χ3n) is 4.10. The number of amides is 1. The lowest BCUT2D eigenvalue weighted by Crippen LogP contribution is -2.31. The maximum Gasteiger partial charge on any atom is 0.227 e. The molecule has 1 aliphatic rings. The van der Waals surface area contributed by atoms with Gasteiger partial charge in [0.25, 0.3) is 0 Å². The van der Waals surface area contributed by atoms with Crippen molar-refractivity contribution in [3.8, 4) is 0 Å². The van der Waals surface area contributed by atoms with Crippen molar-refractivity contribution in [1.29, 1.82) is 0 Å². The summed E-state index contributed by atoms with van der Waals surface area (Å²) in [7, 11) is 0. The van der Waals surface area contributed by atoms with E-state index in [1.165, 1.54) is 4.70 Å². The zero-order chi connectivity index (χ0) is 14.9. The molecule has 0 unspecified atom stereocenters. The number of fused-ring (bicyclic) bond motifs is 1. The van der Waals surface area contributed by atoms with Gasteiger partial charge in [0.2, 0.25) is 5.91 Å². The third kappa shape index (κ3) is 2.55. The standard InChI is InChI=1S/C17H16N2OS2/c20-16(10-12-7-9-21-11-12)19-8-3-5-14(19)17-18-13-4-1-2-6-15(13)22-17/h1-2,4,6-7,9,11,14H,3,5,8,10H2/t14-/m0/s1. The number of likely N-dealkylation sites (tertiary alicyclic amines) is 1. The Labute approximate surface area is 137 Å². The van der Waals surface area contributed by atoms with Gasteiger partial charge in [-0.15, -0.1) is 11.3 Å². The Morgan fingerprint density at radius 3 is 3.05 bits per heavy atom. The fourth-order valence-electron chi connectivity index (χ4n) is 3.02. The third-order valence-corrected chi connectivity index (χ3v) is 5.97. The molecular formula is C17H16N2OS2. The molecule has 2 aromatic heterocycles. The molecule has 3 heterocycles. The molecule has 0 bridgehead atoms. The lowest BCUT2D eigenvalue weighted by atomic mass is 10.2. The Bertz CT molecular complexity index is 761. The van der Waals surface area contributed by atoms with Crippen molar-refractivity contribution in [2.45, 2.75) is 25.3 Å². The summed E-state index contributed by atoms with van der Waals surface area (Å²) in [5.74, 6) is 0.222. The van der Waals surface area contributed by atoms with Gasteiger partial charge in [-0.2, -0.15) is 11.3 Å². The Morgan fingerprint density at radius 2 is 2.23 bits per heavy atom. The first-order valence-electron chi connectivity index (χ1n) is 7.47. The first kappa shape index (κ1) is 13.9. The Kier molecular flexibility index (Phi) is 3.68. The first-order chi connectivity index (χ1) is 10.8. The van der Waals surface area contributed by atoms with Crippen LogP contribution in [0.15, 0.2) is 41.1 Å². The van der Waals surface area contributed by atoms with Gasteiger partial charge in [-0.3, -0.25) is 4.79 Å². The normalized spacial score (nSPS) is 18.2. The minimum absolute atomic E-state index is 0.156. The van der Waals surface area contributed by atoms with Gasteiger partial charge in [-0.1, -0.05) is 12.1 Å². The van der Waals surface area contributed by atoms with Crippen LogP contribution < -0.4 is 0 Å². The lowest BCUT2D eigenvalue weighted by molar-refractivity contribution is -0.131. The molecule has 1 fully saturated rings. The summed E-state index contributed by atoms with van der Waals surface area (Å²) in [6, 6.07) is 10.4. The second-order valence-corrected chi connectivity index (χ2v) is 7.42. The molecule has 3 nitrogen and oxygen atoms in total. The van der Waals surface area contributed by atoms with E-state index in [1.807, 2.05) is 34.5 Å². The number of carbonyl (C=O) groups is 1. The van der Waals surface area contributed by atoms with Crippen molar-refractivity contribution in [3.63, 3.8) is 0 Å². The summed E-state index contributed by atoms with van der Waals surface area (Å²) in [4.78, 5) is 19.4. The van der Waals surface area contributed by atoms with Gasteiger partial charge in [-0.05, 0) is 47.4 Å². The number of thiazole rings is 1. The van der Waals surface area contributed by atoms with Gasteiger partial charge in [0.05, 0.1) is 22.7 Å². The zero-order valence-electron chi connectivity index (χ0n) is 12.1. The van der Waals surface area contributed by atoms with E-state index in [2.05, 4.69) is 11.4 Å². The van der Waals surface area contributed by atoms with Crippen LogP contribution in [0.3, 0.4) is 0 Å². The van der Waals surface area contributed by atoms with E-state index in [0.29, 0.717) is 6.42 Å². The summed E-state index contributed by atoms with van der Waals surface area (Å²) in [6.07, 6.45) is 2.59. The fourth-order valence-corrected chi connectivity index (χ4v) is 4.81. The number of carbonyl (C=O) groups excluding carboxylic acids is 1. The number of benzene rings is 1. The largest absolute Gasteiger partial charge is 0.333 e. The smallest absolute Gasteiger partial charge is 0.227 e. The maximum atomic E-state index is 12.6. The highest BCUT2D eigenvalue weighted by molar-refractivity contribution is 7.18. The summed E-state index contributed by atoms with van der Waals surface area (Å²) in [6.45, 7) is 0.851. The van der Waals surface area contributed by atoms with Crippen LogP contribution in [-0.2, 0) is 11.2 Å². The molecule has 0 saturated carbocycles. The SMILES string of the molecule is O=C(Cc1ccsc1)N1CCC[C@H]1c1nc2ccccc2s1. The van der Waals surface area contributed by atoms with Crippen LogP contribution in [0.5, 0.6) is 0 Å². The summed E-state index contributed by atoms with van der Waals surface area (Å²) >= 11 is 3.36. The molecule has 0 spiro atoms. The van der Waals surface area contributed by atoms with Crippen molar-refractivity contribution in [3.05, 3.63) is 51.7 Å². The molecule has 1 aliphatic heterocycles.